The summed E-state index contributed by atoms with van der Waals surface area (Å²) < 4.78 is 0. The number of hydrogen-bond acceptors (Lipinski definition) is 3. The van der Waals surface area contributed by atoms with Crippen LogP contribution in [0.15, 0.2) is 164 Å². The molecule has 3 heterocycles. The molecule has 0 spiro atoms. The average Bonchev–Trinajstić information content (AvgIpc) is 3.17. The summed E-state index contributed by atoms with van der Waals surface area (Å²) >= 11 is 0. The molecule has 0 radical (unpaired) electrons. The van der Waals surface area contributed by atoms with Crippen molar-refractivity contribution in [3.63, 3.8) is 0 Å². The molecule has 0 aliphatic carbocycles. The molecule has 0 unspecified atom stereocenters. The van der Waals surface area contributed by atoms with Crippen LogP contribution in [0.25, 0.3) is 77.1 Å². The highest BCUT2D eigenvalue weighted by atomic mass is 14.7. The highest BCUT2D eigenvalue weighted by Crippen LogP contribution is 2.45. The molecule has 9 aromatic rings. The lowest BCUT2D eigenvalue weighted by molar-refractivity contribution is 0.591. The number of hydrogen-bond donors (Lipinski definition) is 0. The molecule has 3 aromatic heterocycles. The summed E-state index contributed by atoms with van der Waals surface area (Å²) in [5.41, 5.74) is 11.7. The van der Waals surface area contributed by atoms with E-state index in [1.165, 1.54) is 65.7 Å². The van der Waals surface area contributed by atoms with Gasteiger partial charge in [-0.15, -0.1) is 0 Å². The van der Waals surface area contributed by atoms with Crippen molar-refractivity contribution >= 4 is 32.3 Å². The van der Waals surface area contributed by atoms with E-state index in [0.29, 0.717) is 0 Å². The quantitative estimate of drug-likeness (QED) is 0.177. The summed E-state index contributed by atoms with van der Waals surface area (Å²) in [5.74, 6) is 0. The molecule has 0 saturated heterocycles. The maximum atomic E-state index is 4.56. The highest BCUT2D eigenvalue weighted by molar-refractivity contribution is 6.28. The van der Waals surface area contributed by atoms with Gasteiger partial charge in [-0.05, 0) is 114 Å². The number of nitrogens with zero attached hydrogens (tertiary/aromatic N) is 3. The Morgan fingerprint density at radius 1 is 0.451 bits per heavy atom. The molecule has 0 atom stereocenters. The first kappa shape index (κ1) is 32.0. The molecule has 3 heteroatoms. The first-order valence-corrected chi connectivity index (χ1v) is 17.5. The molecule has 51 heavy (non-hydrogen) atoms. The Kier molecular flexibility index (Phi) is 8.33. The van der Waals surface area contributed by atoms with E-state index in [1.54, 1.807) is 6.20 Å². The molecule has 0 saturated carbocycles. The van der Waals surface area contributed by atoms with Crippen LogP contribution in [0.4, 0.5) is 0 Å². The number of pyridine rings is 3. The maximum absolute atomic E-state index is 4.56. The van der Waals surface area contributed by atoms with Crippen molar-refractivity contribution in [2.75, 3.05) is 0 Å². The van der Waals surface area contributed by atoms with Gasteiger partial charge in [0.15, 0.2) is 0 Å². The van der Waals surface area contributed by atoms with E-state index in [1.807, 2.05) is 61.9 Å². The van der Waals surface area contributed by atoms with E-state index in [0.717, 1.165) is 22.5 Å². The van der Waals surface area contributed by atoms with Crippen molar-refractivity contribution in [1.82, 2.24) is 15.0 Å². The van der Waals surface area contributed by atoms with Gasteiger partial charge >= 0.3 is 0 Å². The molecule has 9 rings (SSSR count). The second-order valence-electron chi connectivity index (χ2n) is 14.2. The van der Waals surface area contributed by atoms with Crippen LogP contribution in [0.5, 0.6) is 0 Å². The molecule has 0 amide bonds. The third kappa shape index (κ3) is 6.35. The molecular weight excluding hydrogens is 619 g/mol. The van der Waals surface area contributed by atoms with Crippen molar-refractivity contribution in [2.24, 2.45) is 0 Å². The molecule has 0 aliphatic rings. The Balaban J connectivity index is 0.000000480. The van der Waals surface area contributed by atoms with Gasteiger partial charge in [-0.3, -0.25) is 15.0 Å². The zero-order valence-electron chi connectivity index (χ0n) is 29.4. The fourth-order valence-electron chi connectivity index (χ4n) is 6.98. The topological polar surface area (TPSA) is 38.7 Å². The normalized spacial score (nSPS) is 11.5. The minimum absolute atomic E-state index is 0.0749. The lowest BCUT2D eigenvalue weighted by Crippen LogP contribution is -2.10. The predicted octanol–water partition coefficient (Wildman–Crippen LogP) is 12.7. The van der Waals surface area contributed by atoms with Crippen molar-refractivity contribution in [3.05, 3.63) is 175 Å². The van der Waals surface area contributed by atoms with Gasteiger partial charge in [-0.1, -0.05) is 124 Å². The molecular formula is C48H39N3. The lowest BCUT2D eigenvalue weighted by atomic mass is 9.81. The first-order valence-electron chi connectivity index (χ1n) is 17.5. The van der Waals surface area contributed by atoms with Crippen LogP contribution < -0.4 is 0 Å². The Bertz CT molecular complexity index is 2420. The lowest BCUT2D eigenvalue weighted by Gasteiger charge is -2.23. The van der Waals surface area contributed by atoms with Crippen LogP contribution in [0.3, 0.4) is 0 Å². The van der Waals surface area contributed by atoms with Gasteiger partial charge in [0.25, 0.3) is 0 Å². The fourth-order valence-corrected chi connectivity index (χ4v) is 6.98. The Morgan fingerprint density at radius 3 is 1.35 bits per heavy atom. The second kappa shape index (κ2) is 13.3. The first-order chi connectivity index (χ1) is 24.8. The minimum atomic E-state index is 0.0749. The van der Waals surface area contributed by atoms with Gasteiger partial charge in [0, 0.05) is 35.9 Å². The molecule has 6 aromatic carbocycles. The van der Waals surface area contributed by atoms with Crippen LogP contribution in [0.1, 0.15) is 31.9 Å². The maximum Gasteiger partial charge on any atom is 0.0701 e. The van der Waals surface area contributed by atoms with E-state index in [2.05, 4.69) is 139 Å². The standard InChI is InChI=1S/C42H32N2.C6H7N/c1-42(2,3)33-24-31-18-20-34-36(27-10-14-29(15-11-27)38-8-4-6-22-43-38)26-37(35-21-19-32(25-33)40(31)41(34)35)28-12-16-30(17-13-28)39-9-5-7-23-44-39;1-6-3-2-4-7-5-6/h4-26H,1-3H3;2-5H,1H3. The molecule has 246 valence electrons. The molecule has 0 fully saturated rings. The number of aromatic nitrogens is 3. The van der Waals surface area contributed by atoms with Crippen LogP contribution in [0, 0.1) is 6.92 Å². The third-order valence-corrected chi connectivity index (χ3v) is 9.70. The van der Waals surface area contributed by atoms with Crippen molar-refractivity contribution in [3.8, 4) is 44.8 Å². The van der Waals surface area contributed by atoms with Gasteiger partial charge in [-0.2, -0.15) is 0 Å². The van der Waals surface area contributed by atoms with E-state index < -0.39 is 0 Å². The number of benzene rings is 6. The average molecular weight is 658 g/mol. The van der Waals surface area contributed by atoms with Gasteiger partial charge in [0.1, 0.15) is 0 Å². The second-order valence-corrected chi connectivity index (χ2v) is 14.2. The summed E-state index contributed by atoms with van der Waals surface area (Å²) in [6.07, 6.45) is 7.30. The summed E-state index contributed by atoms with van der Waals surface area (Å²) in [4.78, 5) is 13.0. The van der Waals surface area contributed by atoms with Gasteiger partial charge in [0.2, 0.25) is 0 Å². The summed E-state index contributed by atoms with van der Waals surface area (Å²) in [5, 5.41) is 7.82. The molecule has 0 bridgehead atoms. The predicted molar refractivity (Wildman–Crippen MR) is 215 cm³/mol. The van der Waals surface area contributed by atoms with E-state index >= 15 is 0 Å². The van der Waals surface area contributed by atoms with Crippen molar-refractivity contribution in [2.45, 2.75) is 33.1 Å². The zero-order valence-corrected chi connectivity index (χ0v) is 29.4. The van der Waals surface area contributed by atoms with Crippen LogP contribution >= 0.6 is 0 Å². The Morgan fingerprint density at radius 2 is 0.961 bits per heavy atom. The van der Waals surface area contributed by atoms with Gasteiger partial charge in [0.05, 0.1) is 11.4 Å². The van der Waals surface area contributed by atoms with Gasteiger partial charge in [-0.25, -0.2) is 0 Å². The van der Waals surface area contributed by atoms with Crippen molar-refractivity contribution < 1.29 is 0 Å². The number of rotatable bonds is 4. The summed E-state index contributed by atoms with van der Waals surface area (Å²) in [6.45, 7) is 8.89. The van der Waals surface area contributed by atoms with E-state index in [9.17, 15) is 0 Å². The SMILES string of the molecule is CC(C)(C)c1cc2ccc3c(-c4ccc(-c5ccccn5)cc4)cc(-c4ccc(-c5ccccn5)cc4)c4ccc(c1)c2c34.Cc1cccnc1. The summed E-state index contributed by atoms with van der Waals surface area (Å²) in [6, 6.07) is 50.2. The monoisotopic (exact) mass is 657 g/mol. The van der Waals surface area contributed by atoms with E-state index in [4.69, 9.17) is 0 Å². The third-order valence-electron chi connectivity index (χ3n) is 9.70. The molecule has 0 aliphatic heterocycles. The highest BCUT2D eigenvalue weighted by Gasteiger charge is 2.20. The van der Waals surface area contributed by atoms with Crippen LogP contribution in [0.2, 0.25) is 0 Å². The fraction of sp³-hybridized carbons (Fsp3) is 0.104. The van der Waals surface area contributed by atoms with Crippen molar-refractivity contribution in [1.29, 1.82) is 0 Å². The zero-order chi connectivity index (χ0) is 35.0. The van der Waals surface area contributed by atoms with Gasteiger partial charge < -0.3 is 0 Å². The van der Waals surface area contributed by atoms with Crippen LogP contribution in [-0.2, 0) is 5.41 Å². The Labute approximate surface area is 299 Å². The largest absolute Gasteiger partial charge is 0.264 e. The van der Waals surface area contributed by atoms with Crippen LogP contribution in [-0.4, -0.2) is 15.0 Å². The summed E-state index contributed by atoms with van der Waals surface area (Å²) in [7, 11) is 0. The Hall–Kier alpha value is -6.19. The smallest absolute Gasteiger partial charge is 0.0701 e. The molecule has 3 nitrogen and oxygen atoms in total. The molecule has 0 N–H and O–H groups in total. The van der Waals surface area contributed by atoms with E-state index in [-0.39, 0.29) is 5.41 Å². The minimum Gasteiger partial charge on any atom is -0.264 e. The number of aryl methyl sites for hydroxylation is 1.